The first-order chi connectivity index (χ1) is 14.4. The monoisotopic (exact) mass is 440 g/mol. The lowest BCUT2D eigenvalue weighted by Crippen LogP contribution is -2.57. The average Bonchev–Trinajstić information content (AvgIpc) is 3.40. The Kier molecular flexibility index (Phi) is 4.90. The fourth-order valence-corrected chi connectivity index (χ4v) is 9.34. The van der Waals surface area contributed by atoms with Crippen LogP contribution in [0.2, 0.25) is 0 Å². The molecule has 4 bridgehead atoms. The van der Waals surface area contributed by atoms with Crippen LogP contribution in [0.4, 0.5) is 13.2 Å². The van der Waals surface area contributed by atoms with Crippen LogP contribution in [0.25, 0.3) is 0 Å². The zero-order chi connectivity index (χ0) is 22.5. The molecular formula is C26H39F3O2. The number of rotatable bonds is 3. The van der Waals surface area contributed by atoms with Crippen molar-refractivity contribution in [2.45, 2.75) is 91.3 Å². The maximum Gasteiger partial charge on any atom is 0.405 e. The highest BCUT2D eigenvalue weighted by Crippen LogP contribution is 2.76. The van der Waals surface area contributed by atoms with Gasteiger partial charge in [0.1, 0.15) is 5.60 Å². The molecule has 0 N–H and O–H groups in total. The van der Waals surface area contributed by atoms with E-state index < -0.39 is 29.1 Å². The van der Waals surface area contributed by atoms with Gasteiger partial charge in [0.2, 0.25) is 0 Å². The van der Waals surface area contributed by atoms with Gasteiger partial charge in [-0.25, -0.2) is 0 Å². The molecule has 0 aromatic carbocycles. The van der Waals surface area contributed by atoms with Crippen molar-refractivity contribution in [1.82, 2.24) is 0 Å². The van der Waals surface area contributed by atoms with Crippen LogP contribution in [0.5, 0.6) is 0 Å². The van der Waals surface area contributed by atoms with Crippen LogP contribution >= 0.6 is 0 Å². The van der Waals surface area contributed by atoms with E-state index in [-0.39, 0.29) is 24.2 Å². The Labute approximate surface area is 185 Å². The highest BCUT2D eigenvalue weighted by atomic mass is 19.4. The molecule has 0 spiro atoms. The highest BCUT2D eigenvalue weighted by Gasteiger charge is 2.78. The van der Waals surface area contributed by atoms with Gasteiger partial charge in [-0.3, -0.25) is 4.79 Å². The van der Waals surface area contributed by atoms with E-state index in [0.717, 1.165) is 32.1 Å². The van der Waals surface area contributed by atoms with E-state index in [2.05, 4.69) is 20.8 Å². The Morgan fingerprint density at radius 2 is 1.48 bits per heavy atom. The molecule has 0 radical (unpaired) electrons. The molecule has 5 rings (SSSR count). The first-order valence-electron chi connectivity index (χ1n) is 12.7. The van der Waals surface area contributed by atoms with Gasteiger partial charge in [-0.2, -0.15) is 13.2 Å². The minimum atomic E-state index is -4.54. The number of hydrogen-bond donors (Lipinski definition) is 0. The number of alkyl halides is 3. The number of fused-ring (bicyclic) bond motifs is 9. The van der Waals surface area contributed by atoms with Gasteiger partial charge in [-0.1, -0.05) is 33.6 Å². The van der Waals surface area contributed by atoms with Crippen LogP contribution in [0.15, 0.2) is 0 Å². The van der Waals surface area contributed by atoms with E-state index in [1.54, 1.807) is 0 Å². The highest BCUT2D eigenvalue weighted by molar-refractivity contribution is 5.80. The lowest BCUT2D eigenvalue weighted by Gasteiger charge is -2.49. The maximum absolute atomic E-state index is 14.8. The Bertz CT molecular complexity index is 737. The summed E-state index contributed by atoms with van der Waals surface area (Å²) in [5.74, 6) is 1.72. The van der Waals surface area contributed by atoms with Crippen molar-refractivity contribution in [3.05, 3.63) is 0 Å². The SMILES string of the molecule is CC1CCC(C(C)(C)OC(=O)C2(C(F)(F)F)CC3CC2C2C4CC(C(C)C4C)C32)CC1. The van der Waals surface area contributed by atoms with Crippen LogP contribution < -0.4 is 0 Å². The van der Waals surface area contributed by atoms with Gasteiger partial charge in [0, 0.05) is 0 Å². The number of esters is 1. The first-order valence-corrected chi connectivity index (χ1v) is 12.7. The fraction of sp³-hybridized carbons (Fsp3) is 0.962. The molecular weight excluding hydrogens is 401 g/mol. The third-order valence-electron chi connectivity index (χ3n) is 11.2. The molecule has 5 aliphatic rings. The average molecular weight is 441 g/mol. The van der Waals surface area contributed by atoms with E-state index in [0.29, 0.717) is 41.9 Å². The van der Waals surface area contributed by atoms with Crippen LogP contribution in [-0.4, -0.2) is 17.7 Å². The summed E-state index contributed by atoms with van der Waals surface area (Å²) in [6.07, 6.45) is 1.03. The molecule has 9 unspecified atom stereocenters. The lowest BCUT2D eigenvalue weighted by molar-refractivity contribution is -0.264. The smallest absolute Gasteiger partial charge is 0.405 e. The summed E-state index contributed by atoms with van der Waals surface area (Å²) in [4.78, 5) is 13.5. The second-order valence-electron chi connectivity index (χ2n) is 12.7. The van der Waals surface area contributed by atoms with E-state index >= 15 is 0 Å². The second-order valence-corrected chi connectivity index (χ2v) is 12.7. The molecule has 0 aromatic heterocycles. The molecule has 0 saturated heterocycles. The predicted molar refractivity (Wildman–Crippen MR) is 113 cm³/mol. The minimum absolute atomic E-state index is 0.0350. The molecule has 5 fully saturated rings. The summed E-state index contributed by atoms with van der Waals surface area (Å²) in [6.45, 7) is 10.4. The van der Waals surface area contributed by atoms with Crippen molar-refractivity contribution in [1.29, 1.82) is 0 Å². The summed E-state index contributed by atoms with van der Waals surface area (Å²) < 4.78 is 50.2. The zero-order valence-corrected chi connectivity index (χ0v) is 19.7. The summed E-state index contributed by atoms with van der Waals surface area (Å²) in [6, 6.07) is 0. The predicted octanol–water partition coefficient (Wildman–Crippen LogP) is 6.88. The summed E-state index contributed by atoms with van der Waals surface area (Å²) in [5.41, 5.74) is -3.13. The van der Waals surface area contributed by atoms with Crippen molar-refractivity contribution in [2.24, 2.45) is 64.6 Å². The number of ether oxygens (including phenoxy) is 1. The van der Waals surface area contributed by atoms with Gasteiger partial charge < -0.3 is 4.74 Å². The Balaban J connectivity index is 1.42. The molecule has 176 valence electrons. The molecule has 0 aliphatic heterocycles. The third-order valence-corrected chi connectivity index (χ3v) is 11.2. The van der Waals surface area contributed by atoms with Crippen LogP contribution in [0.3, 0.4) is 0 Å². The van der Waals surface area contributed by atoms with Gasteiger partial charge in [0.25, 0.3) is 0 Å². The molecule has 31 heavy (non-hydrogen) atoms. The largest absolute Gasteiger partial charge is 0.459 e. The van der Waals surface area contributed by atoms with E-state index in [9.17, 15) is 18.0 Å². The van der Waals surface area contributed by atoms with Crippen LogP contribution in [0, 0.1) is 64.6 Å². The van der Waals surface area contributed by atoms with Crippen molar-refractivity contribution in [3.8, 4) is 0 Å². The van der Waals surface area contributed by atoms with Gasteiger partial charge in [-0.05, 0) is 105 Å². The minimum Gasteiger partial charge on any atom is -0.459 e. The Morgan fingerprint density at radius 1 is 0.903 bits per heavy atom. The van der Waals surface area contributed by atoms with Crippen molar-refractivity contribution < 1.29 is 22.7 Å². The summed E-state index contributed by atoms with van der Waals surface area (Å²) in [5, 5.41) is 0. The molecule has 0 amide bonds. The second kappa shape index (κ2) is 6.88. The fourth-order valence-electron chi connectivity index (χ4n) is 9.34. The number of carbonyl (C=O) groups excluding carboxylic acids is 1. The summed E-state index contributed by atoms with van der Waals surface area (Å²) in [7, 11) is 0. The van der Waals surface area contributed by atoms with Crippen LogP contribution in [-0.2, 0) is 9.53 Å². The molecule has 9 atom stereocenters. The Hall–Kier alpha value is -0.740. The van der Waals surface area contributed by atoms with E-state index in [1.807, 2.05) is 13.8 Å². The normalized spacial score (nSPS) is 51.2. The quantitative estimate of drug-likeness (QED) is 0.353. The van der Waals surface area contributed by atoms with Crippen LogP contribution in [0.1, 0.15) is 79.6 Å². The Morgan fingerprint density at radius 3 is 2.06 bits per heavy atom. The topological polar surface area (TPSA) is 26.3 Å². The molecule has 5 saturated carbocycles. The van der Waals surface area contributed by atoms with Gasteiger partial charge >= 0.3 is 12.1 Å². The molecule has 2 nitrogen and oxygen atoms in total. The number of carbonyl (C=O) groups is 1. The molecule has 5 heteroatoms. The third kappa shape index (κ3) is 2.92. The molecule has 0 aromatic rings. The van der Waals surface area contributed by atoms with Crippen molar-refractivity contribution in [2.75, 3.05) is 0 Å². The maximum atomic E-state index is 14.8. The number of hydrogen-bond acceptors (Lipinski definition) is 2. The van der Waals surface area contributed by atoms with E-state index in [4.69, 9.17) is 4.74 Å². The van der Waals surface area contributed by atoms with Crippen molar-refractivity contribution >= 4 is 5.97 Å². The van der Waals surface area contributed by atoms with E-state index in [1.165, 1.54) is 0 Å². The van der Waals surface area contributed by atoms with Gasteiger partial charge in [0.05, 0.1) is 0 Å². The first kappa shape index (κ1) is 22.1. The van der Waals surface area contributed by atoms with Gasteiger partial charge in [-0.15, -0.1) is 0 Å². The summed E-state index contributed by atoms with van der Waals surface area (Å²) >= 11 is 0. The standard InChI is InChI=1S/C26H39F3O2/c1-13-6-8-17(9-7-13)24(4,5)31-23(30)25(26(27,28)29)12-16-10-20(25)22-19-11-18(21(16)22)14(2)15(19)3/h13-22H,6-12H2,1-5H3. The molecule has 0 heterocycles. The van der Waals surface area contributed by atoms with Gasteiger partial charge in [0.15, 0.2) is 5.41 Å². The zero-order valence-electron chi connectivity index (χ0n) is 19.7. The van der Waals surface area contributed by atoms with Crippen molar-refractivity contribution in [3.63, 3.8) is 0 Å². The molecule has 5 aliphatic carbocycles. The lowest BCUT2D eigenvalue weighted by atomic mass is 9.57. The number of halogens is 3.